The second-order valence-corrected chi connectivity index (χ2v) is 15.0. The normalized spacial score (nSPS) is 30.4. The predicted octanol–water partition coefficient (Wildman–Crippen LogP) is 3.03. The molecule has 1 N–H and O–H groups in total. The number of rotatable bonds is 6. The molecule has 6 rings (SSSR count). The van der Waals surface area contributed by atoms with Gasteiger partial charge in [0.2, 0.25) is 5.95 Å². The van der Waals surface area contributed by atoms with E-state index in [1.165, 1.54) is 12.0 Å². The molecule has 3 unspecified atom stereocenters. The van der Waals surface area contributed by atoms with Crippen molar-refractivity contribution >= 4 is 52.9 Å². The van der Waals surface area contributed by atoms with Gasteiger partial charge in [-0.2, -0.15) is 8.78 Å². The van der Waals surface area contributed by atoms with Crippen molar-refractivity contribution in [3.8, 4) is 0 Å². The number of amides is 1. The molecule has 3 atom stereocenters. The summed E-state index contributed by atoms with van der Waals surface area (Å²) in [5.74, 6) is -1.08. The van der Waals surface area contributed by atoms with E-state index in [1.54, 1.807) is 0 Å². The molecule has 1 amide bonds. The first kappa shape index (κ1) is 26.6. The summed E-state index contributed by atoms with van der Waals surface area (Å²) in [7, 11) is -1.86. The monoisotopic (exact) mass is 650 g/mol. The molecule has 2 saturated carbocycles. The average Bonchev–Trinajstić information content (AvgIpc) is 3.05. The second-order valence-electron chi connectivity index (χ2n) is 10.6. The van der Waals surface area contributed by atoms with E-state index in [1.807, 2.05) is 0 Å². The number of esters is 1. The summed E-state index contributed by atoms with van der Waals surface area (Å²) < 4.78 is 58.9. The lowest BCUT2D eigenvalue weighted by molar-refractivity contribution is -0.156. The van der Waals surface area contributed by atoms with Gasteiger partial charge in [0.05, 0.1) is 35.1 Å². The van der Waals surface area contributed by atoms with Gasteiger partial charge in [-0.15, -0.1) is 0 Å². The minimum absolute atomic E-state index is 0.0403. The molecular weight excluding hydrogens is 621 g/mol. The Labute approximate surface area is 224 Å². The van der Waals surface area contributed by atoms with Crippen LogP contribution in [0, 0.1) is 11.3 Å². The van der Waals surface area contributed by atoms with Gasteiger partial charge in [-0.25, -0.2) is 18.4 Å². The lowest BCUT2D eigenvalue weighted by Crippen LogP contribution is -2.49. The molecule has 1 aromatic rings. The summed E-state index contributed by atoms with van der Waals surface area (Å²) in [6, 6.07) is 0. The molecule has 0 spiro atoms. The number of methoxy groups -OCH3 is 1. The lowest BCUT2D eigenvalue weighted by Gasteiger charge is -2.46. The van der Waals surface area contributed by atoms with Crippen LogP contribution in [0.25, 0.3) is 0 Å². The van der Waals surface area contributed by atoms with Crippen LogP contribution in [-0.4, -0.2) is 76.9 Å². The smallest absolute Gasteiger partial charge is 0.333 e. The fourth-order valence-corrected chi connectivity index (χ4v) is 8.44. The van der Waals surface area contributed by atoms with E-state index >= 15 is 8.78 Å². The quantitative estimate of drug-likeness (QED) is 0.216. The number of hydrogen-bond acceptors (Lipinski definition) is 8. The maximum atomic E-state index is 15.1. The number of aromatic nitrogens is 2. The number of ether oxygens (including phenoxy) is 1. The van der Waals surface area contributed by atoms with Crippen molar-refractivity contribution < 1.29 is 31.5 Å². The third-order valence-electron chi connectivity index (χ3n) is 7.99. The van der Waals surface area contributed by atoms with Crippen LogP contribution in [0.1, 0.15) is 54.6 Å². The van der Waals surface area contributed by atoms with Crippen molar-refractivity contribution in [2.24, 2.45) is 11.3 Å². The number of sulfone groups is 1. The number of allylic oxidation sites excluding steroid dienone is 1. The van der Waals surface area contributed by atoms with Crippen LogP contribution in [0.15, 0.2) is 17.8 Å². The van der Waals surface area contributed by atoms with Gasteiger partial charge in [-0.1, -0.05) is 16.2 Å². The zero-order valence-corrected chi connectivity index (χ0v) is 23.4. The Morgan fingerprint density at radius 1 is 1.32 bits per heavy atom. The Balaban J connectivity index is 1.49. The fraction of sp³-hybridized carbons (Fsp3) is 0.625. The van der Waals surface area contributed by atoms with Crippen molar-refractivity contribution in [2.75, 3.05) is 37.0 Å². The number of anilines is 1. The highest BCUT2D eigenvalue weighted by Crippen LogP contribution is 2.57. The Kier molecular flexibility index (Phi) is 6.69. The van der Waals surface area contributed by atoms with Crippen LogP contribution in [0.4, 0.5) is 14.7 Å². The topological polar surface area (TPSA) is 119 Å². The van der Waals surface area contributed by atoms with Gasteiger partial charge in [-0.3, -0.25) is 9.59 Å². The van der Waals surface area contributed by atoms with E-state index in [9.17, 15) is 18.0 Å². The molecular formula is C24H29F2IN4O5S. The molecule has 0 aromatic carbocycles. The van der Waals surface area contributed by atoms with Crippen LogP contribution in [0.3, 0.4) is 0 Å². The second kappa shape index (κ2) is 9.31. The Hall–Kier alpha value is -2.03. The molecule has 4 bridgehead atoms. The van der Waals surface area contributed by atoms with E-state index in [0.29, 0.717) is 25.2 Å². The lowest BCUT2D eigenvalue weighted by atomic mass is 9.61. The molecule has 5 aliphatic rings. The van der Waals surface area contributed by atoms with Gasteiger partial charge < -0.3 is 15.0 Å². The highest BCUT2D eigenvalue weighted by Gasteiger charge is 2.56. The maximum absolute atomic E-state index is 15.1. The van der Waals surface area contributed by atoms with Crippen LogP contribution in [0.5, 0.6) is 0 Å². The summed E-state index contributed by atoms with van der Waals surface area (Å²) >= 11 is -1.91. The molecule has 9 nitrogen and oxygen atoms in total. The molecule has 1 aromatic heterocycles. The summed E-state index contributed by atoms with van der Waals surface area (Å²) in [4.78, 5) is 35.7. The molecule has 4 aliphatic carbocycles. The van der Waals surface area contributed by atoms with E-state index < -0.39 is 57.1 Å². The number of nitrogens with zero attached hydrogens (tertiary/aromatic N) is 3. The van der Waals surface area contributed by atoms with Crippen molar-refractivity contribution in [2.45, 2.75) is 48.0 Å². The number of nitrogens with one attached hydrogen (secondary N) is 1. The summed E-state index contributed by atoms with van der Waals surface area (Å²) in [6.07, 6.45) is 7.48. The molecule has 2 heterocycles. The summed E-state index contributed by atoms with van der Waals surface area (Å²) in [5.41, 5.74) is -1.24. The zero-order chi connectivity index (χ0) is 26.6. The Morgan fingerprint density at radius 2 is 2.05 bits per heavy atom. The number of carbonyl (C=O) groups excluding carboxylic acids is 2. The third kappa shape index (κ3) is 4.92. The van der Waals surface area contributed by atoms with E-state index in [2.05, 4.69) is 25.9 Å². The van der Waals surface area contributed by atoms with Gasteiger partial charge in [0.15, 0.2) is 9.84 Å². The number of fused-ring (bicyclic) bond motifs is 1. The standard InChI is InChI=1S/C24H29F2IN4O5S/c1-27-24(25,26)18-17(19(32)31-5-7-37(34,35)8-6-31)13-28-21(29-18)30-23-4-3-15-9-16(12-23)11-22(10-15,14-23)20(33)36-2/h12-13,15H,1,3-11,14H2,2H3,(H,28,29,30). The van der Waals surface area contributed by atoms with Crippen LogP contribution < -0.4 is 5.32 Å². The van der Waals surface area contributed by atoms with Gasteiger partial charge in [0.25, 0.3) is 5.91 Å². The predicted molar refractivity (Wildman–Crippen MR) is 142 cm³/mol. The van der Waals surface area contributed by atoms with E-state index in [4.69, 9.17) is 4.74 Å². The van der Waals surface area contributed by atoms with Gasteiger partial charge >= 0.3 is 9.90 Å². The molecule has 1 saturated heterocycles. The first-order valence-electron chi connectivity index (χ1n) is 12.1. The van der Waals surface area contributed by atoms with Crippen LogP contribution in [0.2, 0.25) is 0 Å². The molecule has 37 heavy (non-hydrogen) atoms. The van der Waals surface area contributed by atoms with Crippen molar-refractivity contribution in [1.82, 2.24) is 14.9 Å². The molecule has 0 radical (unpaired) electrons. The minimum atomic E-state index is -3.39. The number of alkyl halides is 3. The SMILES string of the molecule is C=IC(F)(F)c1nc(NC23C=C4CC(CC2)CC(C(=O)OC)(C4)C3)ncc1C(=O)N1CCS(=O)(=O)CC1. The van der Waals surface area contributed by atoms with E-state index in [0.717, 1.165) is 31.0 Å². The number of halogens is 3. The van der Waals surface area contributed by atoms with Crippen LogP contribution >= 0.6 is 20.7 Å². The first-order valence-corrected chi connectivity index (χ1v) is 16.5. The van der Waals surface area contributed by atoms with Gasteiger partial charge in [0, 0.05) is 19.3 Å². The zero-order valence-electron chi connectivity index (χ0n) is 20.4. The van der Waals surface area contributed by atoms with Crippen molar-refractivity contribution in [3.63, 3.8) is 0 Å². The van der Waals surface area contributed by atoms with Crippen LogP contribution in [-0.2, 0) is 23.3 Å². The Bertz CT molecular complexity index is 1290. The van der Waals surface area contributed by atoms with Gasteiger partial charge in [-0.05, 0) is 65.2 Å². The van der Waals surface area contributed by atoms with E-state index in [-0.39, 0.29) is 42.1 Å². The minimum Gasteiger partial charge on any atom is -0.469 e. The summed E-state index contributed by atoms with van der Waals surface area (Å²) in [5, 5.41) is 3.27. The van der Waals surface area contributed by atoms with Gasteiger partial charge in [0.1, 0.15) is 5.69 Å². The average molecular weight is 650 g/mol. The highest BCUT2D eigenvalue weighted by atomic mass is 127. The van der Waals surface area contributed by atoms with Crippen molar-refractivity contribution in [1.29, 1.82) is 0 Å². The Morgan fingerprint density at radius 3 is 2.73 bits per heavy atom. The summed E-state index contributed by atoms with van der Waals surface area (Å²) in [6.45, 7) is -0.141. The molecule has 1 aliphatic heterocycles. The molecule has 3 fully saturated rings. The fourth-order valence-electron chi connectivity index (χ4n) is 6.46. The third-order valence-corrected chi connectivity index (χ3v) is 11.1. The number of hydrogen-bond donors (Lipinski definition) is 1. The maximum Gasteiger partial charge on any atom is 0.333 e. The largest absolute Gasteiger partial charge is 0.469 e. The first-order chi connectivity index (χ1) is 17.4. The molecule has 202 valence electrons. The number of carbonyl (C=O) groups is 2. The molecule has 13 heteroatoms. The van der Waals surface area contributed by atoms with Crippen molar-refractivity contribution in [3.05, 3.63) is 29.1 Å². The highest BCUT2D eigenvalue weighted by molar-refractivity contribution is 14.2.